The molecule has 0 bridgehead atoms. The van der Waals surface area contributed by atoms with E-state index in [1.54, 1.807) is 0 Å². The summed E-state index contributed by atoms with van der Waals surface area (Å²) in [5.41, 5.74) is -0.176. The minimum atomic E-state index is -0.328. The highest BCUT2D eigenvalue weighted by molar-refractivity contribution is 5.81. The van der Waals surface area contributed by atoms with Crippen molar-refractivity contribution in [2.24, 2.45) is 11.3 Å². The van der Waals surface area contributed by atoms with Gasteiger partial charge in [0.1, 0.15) is 5.78 Å². The normalized spacial score (nSPS) is 27.5. The van der Waals surface area contributed by atoms with Gasteiger partial charge in [-0.05, 0) is 5.41 Å². The zero-order valence-corrected chi connectivity index (χ0v) is 7.37. The fourth-order valence-corrected chi connectivity index (χ4v) is 1.77. The van der Waals surface area contributed by atoms with Crippen molar-refractivity contribution in [3.8, 4) is 0 Å². The van der Waals surface area contributed by atoms with Crippen molar-refractivity contribution in [1.82, 2.24) is 0 Å². The summed E-state index contributed by atoms with van der Waals surface area (Å²) in [6, 6.07) is 0. The highest BCUT2D eigenvalue weighted by atomic mass is 16.6. The molecule has 12 heavy (non-hydrogen) atoms. The Morgan fingerprint density at radius 1 is 1.67 bits per heavy atom. The van der Waals surface area contributed by atoms with Gasteiger partial charge in [0.15, 0.2) is 0 Å². The third-order valence-corrected chi connectivity index (χ3v) is 2.60. The first-order chi connectivity index (χ1) is 5.42. The molecule has 0 aromatic heterocycles. The van der Waals surface area contributed by atoms with Gasteiger partial charge in [-0.15, -0.1) is 0 Å². The molecule has 1 unspecified atom stereocenters. The van der Waals surface area contributed by atoms with E-state index < -0.39 is 0 Å². The summed E-state index contributed by atoms with van der Waals surface area (Å²) < 4.78 is 0. The van der Waals surface area contributed by atoms with E-state index in [-0.39, 0.29) is 28.6 Å². The van der Waals surface area contributed by atoms with Gasteiger partial charge in [0.25, 0.3) is 0 Å². The Hall–Kier alpha value is -0.930. The molecule has 4 heteroatoms. The van der Waals surface area contributed by atoms with Crippen LogP contribution < -0.4 is 0 Å². The van der Waals surface area contributed by atoms with Gasteiger partial charge in [-0.1, -0.05) is 13.8 Å². The summed E-state index contributed by atoms with van der Waals surface area (Å²) in [6.45, 7) is 3.77. The van der Waals surface area contributed by atoms with Gasteiger partial charge < -0.3 is 0 Å². The minimum absolute atomic E-state index is 0.0694. The van der Waals surface area contributed by atoms with Crippen molar-refractivity contribution >= 4 is 5.78 Å². The second-order valence-corrected chi connectivity index (χ2v) is 4.12. The van der Waals surface area contributed by atoms with E-state index in [2.05, 4.69) is 0 Å². The van der Waals surface area contributed by atoms with Gasteiger partial charge in [0, 0.05) is 23.7 Å². The van der Waals surface area contributed by atoms with Crippen molar-refractivity contribution in [2.75, 3.05) is 6.54 Å². The molecular formula is C8H13NO3. The molecule has 68 valence electrons. The molecule has 1 saturated carbocycles. The Bertz CT molecular complexity index is 222. The molecule has 0 heterocycles. The Morgan fingerprint density at radius 3 is 2.58 bits per heavy atom. The van der Waals surface area contributed by atoms with E-state index in [0.29, 0.717) is 12.8 Å². The van der Waals surface area contributed by atoms with Crippen molar-refractivity contribution < 1.29 is 9.72 Å². The van der Waals surface area contributed by atoms with Crippen LogP contribution in [0.25, 0.3) is 0 Å². The lowest BCUT2D eigenvalue weighted by Gasteiger charge is -2.21. The summed E-state index contributed by atoms with van der Waals surface area (Å²) in [6.07, 6.45) is 0.874. The van der Waals surface area contributed by atoms with Crippen molar-refractivity contribution in [3.05, 3.63) is 10.1 Å². The number of hydrogen-bond acceptors (Lipinski definition) is 3. The van der Waals surface area contributed by atoms with Crippen molar-refractivity contribution in [1.29, 1.82) is 0 Å². The first-order valence-corrected chi connectivity index (χ1v) is 4.05. The summed E-state index contributed by atoms with van der Waals surface area (Å²) >= 11 is 0. The van der Waals surface area contributed by atoms with E-state index in [1.807, 2.05) is 13.8 Å². The largest absolute Gasteiger partial charge is 0.300 e. The van der Waals surface area contributed by atoms with Crippen LogP contribution in [0.3, 0.4) is 0 Å². The van der Waals surface area contributed by atoms with Crippen LogP contribution in [0.4, 0.5) is 0 Å². The topological polar surface area (TPSA) is 60.2 Å². The molecule has 0 amide bonds. The zero-order valence-electron chi connectivity index (χ0n) is 7.37. The summed E-state index contributed by atoms with van der Waals surface area (Å²) in [5.74, 6) is 0.0897. The summed E-state index contributed by atoms with van der Waals surface area (Å²) in [4.78, 5) is 20.9. The van der Waals surface area contributed by atoms with Crippen molar-refractivity contribution in [3.63, 3.8) is 0 Å². The number of ketones is 1. The third kappa shape index (κ3) is 1.81. The second-order valence-electron chi connectivity index (χ2n) is 4.12. The van der Waals surface area contributed by atoms with E-state index in [9.17, 15) is 14.9 Å². The van der Waals surface area contributed by atoms with E-state index in [0.717, 1.165) is 0 Å². The second kappa shape index (κ2) is 2.84. The van der Waals surface area contributed by atoms with Crippen LogP contribution in [-0.4, -0.2) is 17.3 Å². The lowest BCUT2D eigenvalue weighted by Crippen LogP contribution is -2.24. The molecule has 1 aliphatic carbocycles. The van der Waals surface area contributed by atoms with Crippen LogP contribution in [0, 0.1) is 21.4 Å². The van der Waals surface area contributed by atoms with Gasteiger partial charge in [-0.2, -0.15) is 0 Å². The lowest BCUT2D eigenvalue weighted by molar-refractivity contribution is -0.490. The van der Waals surface area contributed by atoms with Gasteiger partial charge in [0.05, 0.1) is 0 Å². The number of nitro groups is 1. The molecule has 4 nitrogen and oxygen atoms in total. The third-order valence-electron chi connectivity index (χ3n) is 2.60. The average Bonchev–Trinajstić information content (AvgIpc) is 2.04. The molecule has 0 radical (unpaired) electrons. The van der Waals surface area contributed by atoms with E-state index in [4.69, 9.17) is 0 Å². The molecule has 1 atom stereocenters. The molecule has 1 rings (SSSR count). The highest BCUT2D eigenvalue weighted by Gasteiger charge is 2.42. The fourth-order valence-electron chi connectivity index (χ4n) is 1.77. The first kappa shape index (κ1) is 9.16. The van der Waals surface area contributed by atoms with Gasteiger partial charge in [-0.3, -0.25) is 14.9 Å². The molecular weight excluding hydrogens is 158 g/mol. The molecule has 0 aromatic carbocycles. The fraction of sp³-hybridized carbons (Fsp3) is 0.875. The monoisotopic (exact) mass is 171 g/mol. The average molecular weight is 171 g/mol. The summed E-state index contributed by atoms with van der Waals surface area (Å²) in [5, 5.41) is 10.2. The predicted molar refractivity (Wildman–Crippen MR) is 43.4 cm³/mol. The van der Waals surface area contributed by atoms with Crippen LogP contribution in [0.15, 0.2) is 0 Å². The molecule has 0 aromatic rings. The smallest absolute Gasteiger partial charge is 0.207 e. The molecule has 0 aliphatic heterocycles. The standard InChI is InChI=1S/C8H13NO3/c1-8(2)4-7(10)3-6(8)5-9(11)12/h6H,3-5H2,1-2H3. The Morgan fingerprint density at radius 2 is 2.25 bits per heavy atom. The number of nitrogens with zero attached hydrogens (tertiary/aromatic N) is 1. The van der Waals surface area contributed by atoms with Crippen LogP contribution in [-0.2, 0) is 4.79 Å². The molecule has 1 aliphatic rings. The van der Waals surface area contributed by atoms with Crippen LogP contribution in [0.1, 0.15) is 26.7 Å². The van der Waals surface area contributed by atoms with E-state index in [1.165, 1.54) is 0 Å². The van der Waals surface area contributed by atoms with E-state index >= 15 is 0 Å². The molecule has 0 N–H and O–H groups in total. The Labute approximate surface area is 71.1 Å². The van der Waals surface area contributed by atoms with Gasteiger partial charge in [-0.25, -0.2) is 0 Å². The molecule has 0 saturated heterocycles. The predicted octanol–water partition coefficient (Wildman–Crippen LogP) is 1.27. The number of hydrogen-bond donors (Lipinski definition) is 0. The minimum Gasteiger partial charge on any atom is -0.300 e. The Balaban J connectivity index is 2.65. The van der Waals surface area contributed by atoms with Crippen LogP contribution >= 0.6 is 0 Å². The number of carbonyl (C=O) groups is 1. The number of Topliss-reactive ketones (excluding diaryl/α,β-unsaturated/α-hetero) is 1. The molecule has 1 fully saturated rings. The maximum atomic E-state index is 11.0. The maximum absolute atomic E-state index is 11.0. The SMILES string of the molecule is CC1(C)CC(=O)CC1C[N+](=O)[O-]. The number of carbonyl (C=O) groups excluding carboxylic acids is 1. The Kier molecular flexibility index (Phi) is 2.17. The summed E-state index contributed by atoms with van der Waals surface area (Å²) in [7, 11) is 0. The molecule has 0 spiro atoms. The number of rotatable bonds is 2. The van der Waals surface area contributed by atoms with Crippen LogP contribution in [0.2, 0.25) is 0 Å². The quantitative estimate of drug-likeness (QED) is 0.464. The zero-order chi connectivity index (χ0) is 9.35. The van der Waals surface area contributed by atoms with Gasteiger partial charge >= 0.3 is 0 Å². The van der Waals surface area contributed by atoms with Gasteiger partial charge in [0.2, 0.25) is 6.54 Å². The first-order valence-electron chi connectivity index (χ1n) is 4.05. The van der Waals surface area contributed by atoms with Crippen LogP contribution in [0.5, 0.6) is 0 Å². The van der Waals surface area contributed by atoms with Crippen molar-refractivity contribution in [2.45, 2.75) is 26.7 Å². The highest BCUT2D eigenvalue weighted by Crippen LogP contribution is 2.40. The lowest BCUT2D eigenvalue weighted by atomic mass is 9.82. The maximum Gasteiger partial charge on any atom is 0.207 e.